The lowest BCUT2D eigenvalue weighted by atomic mass is 9.72. The minimum atomic E-state index is 0.892. The Balaban J connectivity index is 2.49. The van der Waals surface area contributed by atoms with Crippen molar-refractivity contribution in [3.05, 3.63) is 34.9 Å². The third kappa shape index (κ3) is 5.78. The fourth-order valence-corrected chi connectivity index (χ4v) is 3.69. The molecule has 0 heterocycles. The van der Waals surface area contributed by atoms with Crippen molar-refractivity contribution in [1.82, 2.24) is 0 Å². The van der Waals surface area contributed by atoms with Gasteiger partial charge >= 0.3 is 0 Å². The summed E-state index contributed by atoms with van der Waals surface area (Å²) in [6.07, 6.45) is 19.0. The van der Waals surface area contributed by atoms with E-state index in [4.69, 9.17) is 0 Å². The Labute approximate surface area is 139 Å². The van der Waals surface area contributed by atoms with Crippen molar-refractivity contribution in [2.75, 3.05) is 0 Å². The van der Waals surface area contributed by atoms with Gasteiger partial charge in [-0.1, -0.05) is 63.0 Å². The first-order valence-corrected chi connectivity index (χ1v) is 9.68. The molecule has 1 aliphatic carbocycles. The fraction of sp³-hybridized carbons (Fsp3) is 0.727. The maximum atomic E-state index is 2.51. The molecule has 22 heavy (non-hydrogen) atoms. The van der Waals surface area contributed by atoms with E-state index < -0.39 is 0 Å². The van der Waals surface area contributed by atoms with Gasteiger partial charge in [0, 0.05) is 0 Å². The molecule has 0 radical (unpaired) electrons. The molecule has 0 heteroatoms. The molecular formula is C22H38. The van der Waals surface area contributed by atoms with Gasteiger partial charge in [0.1, 0.15) is 0 Å². The largest absolute Gasteiger partial charge is 0.0882 e. The highest BCUT2D eigenvalue weighted by atomic mass is 14.3. The average Bonchev–Trinajstić information content (AvgIpc) is 2.51. The van der Waals surface area contributed by atoms with Gasteiger partial charge in [0.2, 0.25) is 0 Å². The van der Waals surface area contributed by atoms with Crippen LogP contribution in [0.15, 0.2) is 34.9 Å². The molecule has 0 aromatic rings. The molecule has 0 aromatic heterocycles. The number of rotatable bonds is 10. The van der Waals surface area contributed by atoms with Crippen molar-refractivity contribution < 1.29 is 0 Å². The van der Waals surface area contributed by atoms with Crippen molar-refractivity contribution in [3.63, 3.8) is 0 Å². The number of hydrogen-bond donors (Lipinski definition) is 0. The Morgan fingerprint density at radius 2 is 1.86 bits per heavy atom. The average molecular weight is 303 g/mol. The lowest BCUT2D eigenvalue weighted by molar-refractivity contribution is 0.220. The summed E-state index contributed by atoms with van der Waals surface area (Å²) in [5.74, 6) is 1.87. The van der Waals surface area contributed by atoms with Gasteiger partial charge in [-0.05, 0) is 76.2 Å². The summed E-state index contributed by atoms with van der Waals surface area (Å²) in [6.45, 7) is 11.4. The highest BCUT2D eigenvalue weighted by Crippen LogP contribution is 2.37. The van der Waals surface area contributed by atoms with E-state index in [1.807, 2.05) is 0 Å². The molecule has 1 saturated carbocycles. The molecule has 1 fully saturated rings. The molecule has 0 aromatic carbocycles. The molecule has 2 atom stereocenters. The summed E-state index contributed by atoms with van der Waals surface area (Å²) in [6, 6.07) is 0. The maximum absolute atomic E-state index is 2.51. The Hall–Kier alpha value is -0.780. The molecule has 2 unspecified atom stereocenters. The Kier molecular flexibility index (Phi) is 9.52. The quantitative estimate of drug-likeness (QED) is 0.221. The monoisotopic (exact) mass is 302 g/mol. The molecule has 0 bridgehead atoms. The Bertz CT molecular complexity index is 392. The molecule has 126 valence electrons. The second kappa shape index (κ2) is 10.9. The van der Waals surface area contributed by atoms with E-state index in [-0.39, 0.29) is 0 Å². The van der Waals surface area contributed by atoms with E-state index in [1.54, 1.807) is 11.1 Å². The first-order valence-electron chi connectivity index (χ1n) is 9.68. The highest BCUT2D eigenvalue weighted by molar-refractivity contribution is 5.33. The summed E-state index contributed by atoms with van der Waals surface area (Å²) in [5, 5.41) is 0. The molecule has 1 aliphatic rings. The van der Waals surface area contributed by atoms with E-state index in [9.17, 15) is 0 Å². The van der Waals surface area contributed by atoms with E-state index in [0.29, 0.717) is 0 Å². The van der Waals surface area contributed by atoms with E-state index in [0.717, 1.165) is 11.8 Å². The van der Waals surface area contributed by atoms with Crippen LogP contribution in [0.4, 0.5) is 0 Å². The maximum Gasteiger partial charge on any atom is -0.0205 e. The third-order valence-electron chi connectivity index (χ3n) is 5.50. The predicted molar refractivity (Wildman–Crippen MR) is 101 cm³/mol. The van der Waals surface area contributed by atoms with Crippen LogP contribution in [0.1, 0.15) is 92.4 Å². The second-order valence-corrected chi connectivity index (χ2v) is 6.89. The Morgan fingerprint density at radius 1 is 1.09 bits per heavy atom. The molecule has 1 rings (SSSR count). The van der Waals surface area contributed by atoms with Crippen LogP contribution in [-0.2, 0) is 0 Å². The zero-order valence-electron chi connectivity index (χ0n) is 15.8. The number of hydrogen-bond acceptors (Lipinski definition) is 0. The standard InChI is InChI=1S/C22H38/c1-6-13-20(9-4)22(18(5)7-2)15-12-10-11-14-21-17-16-19(21)8-3/h7,11,14,19,21H,6,8-10,12-13,15-17H2,1-5H3. The fourth-order valence-electron chi connectivity index (χ4n) is 3.69. The third-order valence-corrected chi connectivity index (χ3v) is 5.50. The first-order chi connectivity index (χ1) is 10.7. The normalized spacial score (nSPS) is 23.6. The van der Waals surface area contributed by atoms with E-state index >= 15 is 0 Å². The van der Waals surface area contributed by atoms with Crippen LogP contribution in [0, 0.1) is 11.8 Å². The van der Waals surface area contributed by atoms with Crippen LogP contribution < -0.4 is 0 Å². The van der Waals surface area contributed by atoms with Gasteiger partial charge in [-0.25, -0.2) is 0 Å². The van der Waals surface area contributed by atoms with Crippen molar-refractivity contribution >= 4 is 0 Å². The van der Waals surface area contributed by atoms with Gasteiger partial charge in [-0.2, -0.15) is 0 Å². The van der Waals surface area contributed by atoms with Crippen LogP contribution in [0.25, 0.3) is 0 Å². The van der Waals surface area contributed by atoms with Gasteiger partial charge in [0.25, 0.3) is 0 Å². The van der Waals surface area contributed by atoms with Crippen molar-refractivity contribution in [1.29, 1.82) is 0 Å². The summed E-state index contributed by atoms with van der Waals surface area (Å²) < 4.78 is 0. The van der Waals surface area contributed by atoms with Gasteiger partial charge in [0.05, 0.1) is 0 Å². The first kappa shape index (κ1) is 19.3. The zero-order chi connectivity index (χ0) is 16.4. The molecule has 0 aliphatic heterocycles. The summed E-state index contributed by atoms with van der Waals surface area (Å²) in [4.78, 5) is 0. The lowest BCUT2D eigenvalue weighted by Gasteiger charge is -2.33. The van der Waals surface area contributed by atoms with Crippen LogP contribution >= 0.6 is 0 Å². The van der Waals surface area contributed by atoms with Gasteiger partial charge in [-0.3, -0.25) is 0 Å². The van der Waals surface area contributed by atoms with Crippen LogP contribution in [0.3, 0.4) is 0 Å². The van der Waals surface area contributed by atoms with Gasteiger partial charge < -0.3 is 0 Å². The molecule has 0 amide bonds. The van der Waals surface area contributed by atoms with Gasteiger partial charge in [0.15, 0.2) is 0 Å². The smallest absolute Gasteiger partial charge is 0.0205 e. The summed E-state index contributed by atoms with van der Waals surface area (Å²) >= 11 is 0. The van der Waals surface area contributed by atoms with Crippen molar-refractivity contribution in [2.45, 2.75) is 92.4 Å². The molecular weight excluding hydrogens is 264 g/mol. The second-order valence-electron chi connectivity index (χ2n) is 6.89. The van der Waals surface area contributed by atoms with E-state index in [2.05, 4.69) is 52.8 Å². The minimum absolute atomic E-state index is 0.892. The lowest BCUT2D eigenvalue weighted by Crippen LogP contribution is -2.22. The SMILES string of the molecule is CC=C(C)C(CCCC=CC1CCC1CC)=C(CC)CCC. The zero-order valence-corrected chi connectivity index (χ0v) is 15.8. The number of allylic oxidation sites excluding steroid dienone is 6. The van der Waals surface area contributed by atoms with Crippen LogP contribution in [0.5, 0.6) is 0 Å². The highest BCUT2D eigenvalue weighted by Gasteiger charge is 2.26. The molecule has 0 saturated heterocycles. The minimum Gasteiger partial charge on any atom is -0.0882 e. The molecule has 0 nitrogen and oxygen atoms in total. The Morgan fingerprint density at radius 3 is 2.36 bits per heavy atom. The van der Waals surface area contributed by atoms with Crippen molar-refractivity contribution in [2.24, 2.45) is 11.8 Å². The molecule has 0 spiro atoms. The topological polar surface area (TPSA) is 0 Å². The predicted octanol–water partition coefficient (Wildman–Crippen LogP) is 7.62. The van der Waals surface area contributed by atoms with E-state index in [1.165, 1.54) is 63.4 Å². The van der Waals surface area contributed by atoms with Crippen LogP contribution in [-0.4, -0.2) is 0 Å². The summed E-state index contributed by atoms with van der Waals surface area (Å²) in [7, 11) is 0. The number of unbranched alkanes of at least 4 members (excludes halogenated alkanes) is 1. The van der Waals surface area contributed by atoms with Crippen molar-refractivity contribution in [3.8, 4) is 0 Å². The van der Waals surface area contributed by atoms with Crippen LogP contribution in [0.2, 0.25) is 0 Å². The van der Waals surface area contributed by atoms with Gasteiger partial charge in [-0.15, -0.1) is 0 Å². The molecule has 0 N–H and O–H groups in total. The summed E-state index contributed by atoms with van der Waals surface area (Å²) in [5.41, 5.74) is 4.83.